The lowest BCUT2D eigenvalue weighted by atomic mass is 10.2. The normalized spacial score (nSPS) is 17.0. The van der Waals surface area contributed by atoms with E-state index in [1.54, 1.807) is 12.1 Å². The number of halogens is 3. The van der Waals surface area contributed by atoms with Gasteiger partial charge in [-0.15, -0.1) is 0 Å². The van der Waals surface area contributed by atoms with Crippen LogP contribution in [-0.2, 0) is 0 Å². The van der Waals surface area contributed by atoms with Crippen LogP contribution in [0.5, 0.6) is 0 Å². The van der Waals surface area contributed by atoms with Crippen molar-refractivity contribution in [3.8, 4) is 11.3 Å². The number of benzene rings is 1. The lowest BCUT2D eigenvalue weighted by molar-refractivity contribution is -0.183. The molecule has 2 heterocycles. The van der Waals surface area contributed by atoms with Gasteiger partial charge in [0.2, 0.25) is 0 Å². The number of carbonyl (C=O) groups is 1. The highest BCUT2D eigenvalue weighted by molar-refractivity contribution is 5.93. The maximum atomic E-state index is 13.4. The SMILES string of the molecule is O=C(NCC(N1CCNCC1)C(F)(F)F)c1ccc(-c2ccccc2)[nH]1. The zero-order valence-electron chi connectivity index (χ0n) is 14.1. The Bertz CT molecular complexity index is 724. The molecule has 1 atom stereocenters. The van der Waals surface area contributed by atoms with Gasteiger partial charge < -0.3 is 15.6 Å². The molecular weight excluding hydrogens is 345 g/mol. The minimum Gasteiger partial charge on any atom is -0.351 e. The first kappa shape index (κ1) is 18.5. The molecular formula is C18H21F3N4O. The highest BCUT2D eigenvalue weighted by Gasteiger charge is 2.43. The van der Waals surface area contributed by atoms with Gasteiger partial charge in [-0.25, -0.2) is 0 Å². The minimum atomic E-state index is -4.39. The monoisotopic (exact) mass is 366 g/mol. The van der Waals surface area contributed by atoms with E-state index in [1.807, 2.05) is 30.3 Å². The topological polar surface area (TPSA) is 60.2 Å². The smallest absolute Gasteiger partial charge is 0.351 e. The highest BCUT2D eigenvalue weighted by Crippen LogP contribution is 2.25. The molecule has 0 spiro atoms. The number of H-pyrrole nitrogens is 1. The summed E-state index contributed by atoms with van der Waals surface area (Å²) in [6.45, 7) is 1.17. The number of nitrogens with one attached hydrogen (secondary N) is 3. The van der Waals surface area contributed by atoms with Gasteiger partial charge in [0, 0.05) is 38.4 Å². The fourth-order valence-electron chi connectivity index (χ4n) is 3.04. The number of carbonyl (C=O) groups excluding carboxylic acids is 1. The van der Waals surface area contributed by atoms with Crippen molar-refractivity contribution >= 4 is 5.91 Å². The Morgan fingerprint density at radius 3 is 2.46 bits per heavy atom. The molecule has 1 aliphatic heterocycles. The number of amides is 1. The summed E-state index contributed by atoms with van der Waals surface area (Å²) in [5.74, 6) is -0.545. The van der Waals surface area contributed by atoms with Crippen molar-refractivity contribution in [1.29, 1.82) is 0 Å². The van der Waals surface area contributed by atoms with Crippen molar-refractivity contribution in [3.05, 3.63) is 48.2 Å². The highest BCUT2D eigenvalue weighted by atomic mass is 19.4. The van der Waals surface area contributed by atoms with E-state index in [2.05, 4.69) is 15.6 Å². The van der Waals surface area contributed by atoms with Crippen molar-refractivity contribution in [3.63, 3.8) is 0 Å². The number of hydrogen-bond acceptors (Lipinski definition) is 3. The third-order valence-electron chi connectivity index (χ3n) is 4.44. The van der Waals surface area contributed by atoms with Crippen LogP contribution in [0, 0.1) is 0 Å². The summed E-state index contributed by atoms with van der Waals surface area (Å²) in [6, 6.07) is 11.0. The van der Waals surface area contributed by atoms with Crippen molar-refractivity contribution in [2.24, 2.45) is 0 Å². The Labute approximate surface area is 149 Å². The van der Waals surface area contributed by atoms with Crippen LogP contribution in [-0.4, -0.2) is 60.7 Å². The van der Waals surface area contributed by atoms with Gasteiger partial charge in [0.05, 0.1) is 0 Å². The van der Waals surface area contributed by atoms with Gasteiger partial charge in [-0.2, -0.15) is 13.2 Å². The van der Waals surface area contributed by atoms with Crippen molar-refractivity contribution < 1.29 is 18.0 Å². The van der Waals surface area contributed by atoms with E-state index >= 15 is 0 Å². The van der Waals surface area contributed by atoms with Gasteiger partial charge >= 0.3 is 6.18 Å². The van der Waals surface area contributed by atoms with E-state index in [9.17, 15) is 18.0 Å². The molecule has 1 aliphatic rings. The van der Waals surface area contributed by atoms with Crippen LogP contribution in [0.2, 0.25) is 0 Å². The molecule has 8 heteroatoms. The molecule has 2 aromatic rings. The molecule has 1 aromatic heterocycles. The van der Waals surface area contributed by atoms with E-state index < -0.39 is 24.7 Å². The van der Waals surface area contributed by atoms with E-state index in [-0.39, 0.29) is 5.69 Å². The standard InChI is InChI=1S/C18H21F3N4O/c19-18(20,21)16(25-10-8-22-9-11-25)12-23-17(26)15-7-6-14(24-15)13-4-2-1-3-5-13/h1-7,16,22,24H,8-12H2,(H,23,26). The van der Waals surface area contributed by atoms with Gasteiger partial charge in [-0.1, -0.05) is 30.3 Å². The van der Waals surface area contributed by atoms with Crippen molar-refractivity contribution in [2.75, 3.05) is 32.7 Å². The number of alkyl halides is 3. The second-order valence-corrected chi connectivity index (χ2v) is 6.21. The van der Waals surface area contributed by atoms with Crippen LogP contribution in [0.4, 0.5) is 13.2 Å². The Hall–Kier alpha value is -2.32. The predicted octanol–water partition coefficient (Wildman–Crippen LogP) is 2.25. The lowest BCUT2D eigenvalue weighted by Crippen LogP contribution is -2.57. The number of hydrogen-bond donors (Lipinski definition) is 3. The molecule has 26 heavy (non-hydrogen) atoms. The molecule has 3 rings (SSSR count). The summed E-state index contributed by atoms with van der Waals surface area (Å²) in [7, 11) is 0. The van der Waals surface area contributed by atoms with Gasteiger partial charge in [0.15, 0.2) is 0 Å². The number of piperazine rings is 1. The number of rotatable bonds is 5. The van der Waals surface area contributed by atoms with E-state index in [0.717, 1.165) is 11.3 Å². The predicted molar refractivity (Wildman–Crippen MR) is 92.8 cm³/mol. The molecule has 1 saturated heterocycles. The largest absolute Gasteiger partial charge is 0.405 e. The molecule has 1 fully saturated rings. The maximum absolute atomic E-state index is 13.4. The van der Waals surface area contributed by atoms with Gasteiger partial charge in [0.1, 0.15) is 11.7 Å². The molecule has 0 saturated carbocycles. The quantitative estimate of drug-likeness (QED) is 0.761. The second kappa shape index (κ2) is 7.92. The summed E-state index contributed by atoms with van der Waals surface area (Å²) < 4.78 is 40.1. The zero-order chi connectivity index (χ0) is 18.6. The fourth-order valence-corrected chi connectivity index (χ4v) is 3.04. The summed E-state index contributed by atoms with van der Waals surface area (Å²) in [5, 5.41) is 5.44. The van der Waals surface area contributed by atoms with Crippen molar-refractivity contribution in [2.45, 2.75) is 12.2 Å². The first-order valence-corrected chi connectivity index (χ1v) is 8.49. The Morgan fingerprint density at radius 2 is 1.81 bits per heavy atom. The molecule has 0 bridgehead atoms. The fraction of sp³-hybridized carbons (Fsp3) is 0.389. The van der Waals surface area contributed by atoms with E-state index in [1.165, 1.54) is 4.90 Å². The second-order valence-electron chi connectivity index (χ2n) is 6.21. The van der Waals surface area contributed by atoms with Crippen LogP contribution in [0.25, 0.3) is 11.3 Å². The average Bonchev–Trinajstić information content (AvgIpc) is 3.12. The zero-order valence-corrected chi connectivity index (χ0v) is 14.1. The number of aromatic nitrogens is 1. The van der Waals surface area contributed by atoms with Gasteiger partial charge in [0.25, 0.3) is 5.91 Å². The molecule has 1 aromatic carbocycles. The molecule has 0 aliphatic carbocycles. The van der Waals surface area contributed by atoms with Crippen molar-refractivity contribution in [1.82, 2.24) is 20.5 Å². The third kappa shape index (κ3) is 4.44. The first-order chi connectivity index (χ1) is 12.4. The van der Waals surface area contributed by atoms with Crippen LogP contribution >= 0.6 is 0 Å². The molecule has 5 nitrogen and oxygen atoms in total. The Balaban J connectivity index is 1.64. The van der Waals surface area contributed by atoms with Gasteiger partial charge in [-0.05, 0) is 17.7 Å². The van der Waals surface area contributed by atoms with Crippen LogP contribution in [0.1, 0.15) is 10.5 Å². The molecule has 140 valence electrons. The van der Waals surface area contributed by atoms with E-state index in [4.69, 9.17) is 0 Å². The van der Waals surface area contributed by atoms with E-state index in [0.29, 0.717) is 26.2 Å². The molecule has 1 amide bonds. The molecule has 1 unspecified atom stereocenters. The minimum absolute atomic E-state index is 0.241. The lowest BCUT2D eigenvalue weighted by Gasteiger charge is -2.35. The third-order valence-corrected chi connectivity index (χ3v) is 4.44. The Kier molecular flexibility index (Phi) is 5.63. The average molecular weight is 366 g/mol. The summed E-state index contributed by atoms with van der Waals surface area (Å²) in [4.78, 5) is 16.6. The molecule has 3 N–H and O–H groups in total. The summed E-state index contributed by atoms with van der Waals surface area (Å²) in [6.07, 6.45) is -4.39. The van der Waals surface area contributed by atoms with Gasteiger partial charge in [-0.3, -0.25) is 9.69 Å². The number of aromatic amines is 1. The van der Waals surface area contributed by atoms with Crippen LogP contribution in [0.15, 0.2) is 42.5 Å². The maximum Gasteiger partial charge on any atom is 0.405 e. The Morgan fingerprint density at radius 1 is 1.12 bits per heavy atom. The molecule has 0 radical (unpaired) electrons. The summed E-state index contributed by atoms with van der Waals surface area (Å²) >= 11 is 0. The first-order valence-electron chi connectivity index (χ1n) is 8.49. The number of nitrogens with zero attached hydrogens (tertiary/aromatic N) is 1. The summed E-state index contributed by atoms with van der Waals surface area (Å²) in [5.41, 5.74) is 1.89. The van der Waals surface area contributed by atoms with Crippen LogP contribution in [0.3, 0.4) is 0 Å². The van der Waals surface area contributed by atoms with Crippen LogP contribution < -0.4 is 10.6 Å².